The Morgan fingerprint density at radius 2 is 2.10 bits per heavy atom. The van der Waals surface area contributed by atoms with E-state index in [9.17, 15) is 4.79 Å². The highest BCUT2D eigenvalue weighted by molar-refractivity contribution is 6.30. The molecule has 1 N–H and O–H groups in total. The van der Waals surface area contributed by atoms with Crippen molar-refractivity contribution in [3.05, 3.63) is 34.9 Å². The Hall–Kier alpha value is -1.06. The first-order valence-electron chi connectivity index (χ1n) is 7.78. The molecule has 0 unspecified atom stereocenters. The van der Waals surface area contributed by atoms with Gasteiger partial charge in [0.1, 0.15) is 0 Å². The van der Waals surface area contributed by atoms with Crippen molar-refractivity contribution in [3.63, 3.8) is 0 Å². The summed E-state index contributed by atoms with van der Waals surface area (Å²) in [6.45, 7) is 4.67. The number of hydrogen-bond donors (Lipinski definition) is 1. The molecule has 1 aromatic rings. The Bertz CT molecular complexity index is 478. The average molecular weight is 309 g/mol. The predicted octanol–water partition coefficient (Wildman–Crippen LogP) is 3.47. The Kier molecular flexibility index (Phi) is 5.65. The van der Waals surface area contributed by atoms with Crippen LogP contribution in [0.25, 0.3) is 0 Å². The second kappa shape index (κ2) is 7.28. The highest BCUT2D eigenvalue weighted by Crippen LogP contribution is 2.36. The molecule has 3 nitrogen and oxygen atoms in total. The molecule has 1 aromatic carbocycles. The maximum absolute atomic E-state index is 13.0. The molecule has 0 aliphatic carbocycles. The van der Waals surface area contributed by atoms with E-state index in [0.717, 1.165) is 49.4 Å². The molecule has 1 saturated heterocycles. The molecule has 0 spiro atoms. The monoisotopic (exact) mass is 308 g/mol. The van der Waals surface area contributed by atoms with E-state index in [-0.39, 0.29) is 11.3 Å². The summed E-state index contributed by atoms with van der Waals surface area (Å²) >= 11 is 6.02. The van der Waals surface area contributed by atoms with Crippen LogP contribution in [0.3, 0.4) is 0 Å². The average Bonchev–Trinajstić information content (AvgIpc) is 2.47. The van der Waals surface area contributed by atoms with Gasteiger partial charge in [0, 0.05) is 18.6 Å². The molecule has 4 heteroatoms. The molecule has 0 saturated carbocycles. The number of nitrogens with zero attached hydrogens (tertiary/aromatic N) is 1. The number of rotatable bonds is 5. The Morgan fingerprint density at radius 3 is 2.71 bits per heavy atom. The molecule has 0 bridgehead atoms. The molecule has 0 radical (unpaired) electrons. The molecule has 1 aliphatic rings. The normalized spacial score (nSPS) is 17.5. The summed E-state index contributed by atoms with van der Waals surface area (Å²) in [7, 11) is 1.91. The lowest BCUT2D eigenvalue weighted by molar-refractivity contribution is -0.143. The second-order valence-corrected chi connectivity index (χ2v) is 6.51. The molecule has 1 aliphatic heterocycles. The van der Waals surface area contributed by atoms with Crippen molar-refractivity contribution < 1.29 is 4.79 Å². The molecule has 1 fully saturated rings. The van der Waals surface area contributed by atoms with Gasteiger partial charge in [0.25, 0.3) is 0 Å². The van der Waals surface area contributed by atoms with Gasteiger partial charge in [-0.3, -0.25) is 4.79 Å². The summed E-state index contributed by atoms with van der Waals surface area (Å²) < 4.78 is 0. The van der Waals surface area contributed by atoms with Crippen LogP contribution in [0.5, 0.6) is 0 Å². The van der Waals surface area contributed by atoms with Crippen LogP contribution in [-0.2, 0) is 11.3 Å². The number of carbonyl (C=O) groups excluding carboxylic acids is 1. The van der Waals surface area contributed by atoms with E-state index >= 15 is 0 Å². The van der Waals surface area contributed by atoms with Gasteiger partial charge < -0.3 is 10.2 Å². The van der Waals surface area contributed by atoms with E-state index in [1.165, 1.54) is 0 Å². The summed E-state index contributed by atoms with van der Waals surface area (Å²) in [5, 5.41) is 4.08. The van der Waals surface area contributed by atoms with Gasteiger partial charge in [-0.05, 0) is 50.0 Å². The van der Waals surface area contributed by atoms with E-state index in [1.807, 2.05) is 36.2 Å². The number of nitrogens with one attached hydrogen (secondary N) is 1. The fraction of sp³-hybridized carbons (Fsp3) is 0.588. The lowest BCUT2D eigenvalue weighted by Crippen LogP contribution is -2.47. The number of amides is 1. The SMILES string of the molecule is CCCC1(C(=O)N(C)Cc2cccc(Cl)c2)CCNCC1. The summed E-state index contributed by atoms with van der Waals surface area (Å²) in [6.07, 6.45) is 3.92. The first kappa shape index (κ1) is 16.3. The van der Waals surface area contributed by atoms with Crippen molar-refractivity contribution in [3.8, 4) is 0 Å². The molecular weight excluding hydrogens is 284 g/mol. The molecular formula is C17H25ClN2O. The third-order valence-corrected chi connectivity index (χ3v) is 4.63. The minimum atomic E-state index is -0.173. The first-order chi connectivity index (χ1) is 10.1. The lowest BCUT2D eigenvalue weighted by atomic mass is 9.74. The summed E-state index contributed by atoms with van der Waals surface area (Å²) in [6, 6.07) is 7.74. The molecule has 116 valence electrons. The number of halogens is 1. The predicted molar refractivity (Wildman–Crippen MR) is 87.4 cm³/mol. The third-order valence-electron chi connectivity index (χ3n) is 4.40. The van der Waals surface area contributed by atoms with Crippen molar-refractivity contribution in [2.24, 2.45) is 5.41 Å². The largest absolute Gasteiger partial charge is 0.341 e. The van der Waals surface area contributed by atoms with E-state index in [4.69, 9.17) is 11.6 Å². The van der Waals surface area contributed by atoms with E-state index in [2.05, 4.69) is 12.2 Å². The second-order valence-electron chi connectivity index (χ2n) is 6.07. The Morgan fingerprint density at radius 1 is 1.38 bits per heavy atom. The summed E-state index contributed by atoms with van der Waals surface area (Å²) in [5.41, 5.74) is 0.909. The quantitative estimate of drug-likeness (QED) is 0.903. The van der Waals surface area contributed by atoms with Crippen molar-refractivity contribution in [2.45, 2.75) is 39.2 Å². The molecule has 21 heavy (non-hydrogen) atoms. The van der Waals surface area contributed by atoms with Crippen LogP contribution >= 0.6 is 11.6 Å². The van der Waals surface area contributed by atoms with Crippen LogP contribution in [0.1, 0.15) is 38.2 Å². The topological polar surface area (TPSA) is 32.3 Å². The van der Waals surface area contributed by atoms with Crippen molar-refractivity contribution in [1.29, 1.82) is 0 Å². The molecule has 0 atom stereocenters. The zero-order valence-corrected chi connectivity index (χ0v) is 13.7. The van der Waals surface area contributed by atoms with Crippen molar-refractivity contribution in [2.75, 3.05) is 20.1 Å². The highest BCUT2D eigenvalue weighted by atomic mass is 35.5. The van der Waals surface area contributed by atoms with Gasteiger partial charge in [-0.2, -0.15) is 0 Å². The fourth-order valence-electron chi connectivity index (χ4n) is 3.34. The highest BCUT2D eigenvalue weighted by Gasteiger charge is 2.40. The smallest absolute Gasteiger partial charge is 0.228 e. The minimum Gasteiger partial charge on any atom is -0.341 e. The molecule has 1 amide bonds. The zero-order chi connectivity index (χ0) is 15.3. The number of hydrogen-bond acceptors (Lipinski definition) is 2. The molecule has 0 aromatic heterocycles. The Balaban J connectivity index is 2.09. The fourth-order valence-corrected chi connectivity index (χ4v) is 3.55. The number of carbonyl (C=O) groups is 1. The zero-order valence-electron chi connectivity index (χ0n) is 13.0. The van der Waals surface area contributed by atoms with Crippen LogP contribution in [0.2, 0.25) is 5.02 Å². The summed E-state index contributed by atoms with van der Waals surface area (Å²) in [4.78, 5) is 14.8. The summed E-state index contributed by atoms with van der Waals surface area (Å²) in [5.74, 6) is 0.283. The van der Waals surface area contributed by atoms with E-state index in [0.29, 0.717) is 6.54 Å². The van der Waals surface area contributed by atoms with Crippen LogP contribution in [0.4, 0.5) is 0 Å². The third kappa shape index (κ3) is 3.98. The minimum absolute atomic E-state index is 0.173. The van der Waals surface area contributed by atoms with Gasteiger partial charge >= 0.3 is 0 Å². The maximum Gasteiger partial charge on any atom is 0.228 e. The van der Waals surface area contributed by atoms with Crippen LogP contribution in [-0.4, -0.2) is 30.9 Å². The van der Waals surface area contributed by atoms with E-state index in [1.54, 1.807) is 0 Å². The van der Waals surface area contributed by atoms with Gasteiger partial charge in [0.2, 0.25) is 5.91 Å². The first-order valence-corrected chi connectivity index (χ1v) is 8.16. The molecule has 2 rings (SSSR count). The van der Waals surface area contributed by atoms with Gasteiger partial charge in [-0.25, -0.2) is 0 Å². The van der Waals surface area contributed by atoms with Gasteiger partial charge in [-0.1, -0.05) is 37.1 Å². The van der Waals surface area contributed by atoms with Crippen molar-refractivity contribution in [1.82, 2.24) is 10.2 Å². The van der Waals surface area contributed by atoms with Gasteiger partial charge in [-0.15, -0.1) is 0 Å². The van der Waals surface area contributed by atoms with Gasteiger partial charge in [0.05, 0.1) is 5.41 Å². The Labute approximate surface area is 132 Å². The number of benzene rings is 1. The van der Waals surface area contributed by atoms with Crippen LogP contribution in [0.15, 0.2) is 24.3 Å². The van der Waals surface area contributed by atoms with Crippen LogP contribution in [0, 0.1) is 5.41 Å². The standard InChI is InChI=1S/C17H25ClN2O/c1-3-7-17(8-10-19-11-9-17)16(21)20(2)13-14-5-4-6-15(18)12-14/h4-6,12,19H,3,7-11,13H2,1-2H3. The molecule has 1 heterocycles. The maximum atomic E-state index is 13.0. The van der Waals surface area contributed by atoms with E-state index < -0.39 is 0 Å². The van der Waals surface area contributed by atoms with Crippen LogP contribution < -0.4 is 5.32 Å². The number of piperidine rings is 1. The van der Waals surface area contributed by atoms with Crippen molar-refractivity contribution >= 4 is 17.5 Å². The lowest BCUT2D eigenvalue weighted by Gasteiger charge is -2.39. The van der Waals surface area contributed by atoms with Gasteiger partial charge in [0.15, 0.2) is 0 Å².